The van der Waals surface area contributed by atoms with Crippen LogP contribution in [0.3, 0.4) is 0 Å². The molecule has 0 fully saturated rings. The normalized spacial score (nSPS) is 10.0. The number of hydrogen-bond donors (Lipinski definition) is 5. The first-order valence-corrected chi connectivity index (χ1v) is 15.9. The predicted octanol–water partition coefficient (Wildman–Crippen LogP) is 11.4. The van der Waals surface area contributed by atoms with E-state index in [1.807, 2.05) is 121 Å². The summed E-state index contributed by atoms with van der Waals surface area (Å²) in [7, 11) is 0. The highest BCUT2D eigenvalue weighted by Gasteiger charge is 1.99. The molecular weight excluding hydrogens is 637 g/mol. The first kappa shape index (κ1) is 33.8. The van der Waals surface area contributed by atoms with Crippen LogP contribution in [0, 0.1) is 6.92 Å². The van der Waals surface area contributed by atoms with Gasteiger partial charge in [0.15, 0.2) is 0 Å². The van der Waals surface area contributed by atoms with Gasteiger partial charge in [0.2, 0.25) is 0 Å². The van der Waals surface area contributed by atoms with Crippen molar-refractivity contribution in [3.63, 3.8) is 0 Å². The zero-order chi connectivity index (χ0) is 32.0. The molecule has 8 heteroatoms. The number of phenolic OH excluding ortho intramolecular Hbond substituents is 2. The molecule has 0 unspecified atom stereocenters. The Hall–Kier alpha value is -4.08. The second-order valence-corrected chi connectivity index (χ2v) is 12.3. The number of benzene rings is 6. The smallest absolute Gasteiger partial charge is 0.127 e. The number of ether oxygens (including phenoxy) is 2. The third-order valence-electron chi connectivity index (χ3n) is 5.91. The molecule has 0 aromatic heterocycles. The lowest BCUT2D eigenvalue weighted by atomic mass is 10.2. The van der Waals surface area contributed by atoms with Gasteiger partial charge < -0.3 is 19.7 Å². The van der Waals surface area contributed by atoms with Gasteiger partial charge >= 0.3 is 0 Å². The van der Waals surface area contributed by atoms with Gasteiger partial charge in [-0.3, -0.25) is 0 Å². The second kappa shape index (κ2) is 17.4. The zero-order valence-electron chi connectivity index (χ0n) is 24.3. The second-order valence-electron chi connectivity index (χ2n) is 9.59. The molecule has 0 radical (unpaired) electrons. The molecule has 0 saturated heterocycles. The molecule has 0 spiro atoms. The number of thiol groups is 3. The molecule has 0 saturated carbocycles. The van der Waals surface area contributed by atoms with Crippen LogP contribution in [-0.4, -0.2) is 10.2 Å². The van der Waals surface area contributed by atoms with E-state index in [1.54, 1.807) is 36.0 Å². The van der Waals surface area contributed by atoms with Crippen LogP contribution < -0.4 is 9.47 Å². The van der Waals surface area contributed by atoms with E-state index in [0.29, 0.717) is 0 Å². The van der Waals surface area contributed by atoms with Crippen molar-refractivity contribution < 1.29 is 19.7 Å². The zero-order valence-corrected chi connectivity index (χ0v) is 27.8. The van der Waals surface area contributed by atoms with Crippen molar-refractivity contribution in [2.45, 2.75) is 31.4 Å². The minimum atomic E-state index is 0.269. The number of rotatable bonds is 6. The highest BCUT2D eigenvalue weighted by atomic mass is 32.2. The van der Waals surface area contributed by atoms with E-state index in [9.17, 15) is 0 Å². The van der Waals surface area contributed by atoms with Gasteiger partial charge in [-0.1, -0.05) is 29.5 Å². The Kier molecular flexibility index (Phi) is 13.1. The third kappa shape index (κ3) is 12.4. The van der Waals surface area contributed by atoms with Crippen molar-refractivity contribution in [1.82, 2.24) is 0 Å². The molecule has 0 aliphatic heterocycles. The van der Waals surface area contributed by atoms with E-state index in [1.165, 1.54) is 5.56 Å². The quantitative estimate of drug-likeness (QED) is 0.114. The van der Waals surface area contributed by atoms with Crippen molar-refractivity contribution >= 4 is 49.6 Å². The van der Waals surface area contributed by atoms with Gasteiger partial charge in [0.05, 0.1) is 0 Å². The average Bonchev–Trinajstić information content (AvgIpc) is 3.04. The maximum Gasteiger partial charge on any atom is 0.127 e. The summed E-state index contributed by atoms with van der Waals surface area (Å²) in [6.45, 7) is 2.06. The number of aryl methyl sites for hydroxylation is 1. The summed E-state index contributed by atoms with van der Waals surface area (Å²) in [5.41, 5.74) is 1.23. The van der Waals surface area contributed by atoms with Crippen LogP contribution in [0.25, 0.3) is 0 Å². The minimum Gasteiger partial charge on any atom is -0.508 e. The summed E-state index contributed by atoms with van der Waals surface area (Å²) in [4.78, 5) is 4.89. The summed E-state index contributed by atoms with van der Waals surface area (Å²) in [5.74, 6) is 3.83. The molecule has 6 rings (SSSR count). The van der Waals surface area contributed by atoms with Crippen molar-refractivity contribution in [3.8, 4) is 34.5 Å². The largest absolute Gasteiger partial charge is 0.508 e. The lowest BCUT2D eigenvalue weighted by molar-refractivity contribution is 0.474. The standard InChI is InChI=1S/C13H12OS.C12H10O2S.C12H10OS2/c1-10-2-4-11(5-3-10)14-12-6-8-13(15)9-7-12;13-9-1-5-11(6-2-9)15-12-7-3-10(14)4-8-12;14-11-5-1-9(2-6-11)13-10-3-7-12(15)8-4-10/h2-9,15H,1H3;1-8,13-14H;1-8,14-15H. The summed E-state index contributed by atoms with van der Waals surface area (Å²) in [5, 5.41) is 18.2. The first-order valence-electron chi connectivity index (χ1n) is 13.8. The molecular formula is C37H32O4S4. The van der Waals surface area contributed by atoms with Crippen LogP contribution >= 0.6 is 49.6 Å². The molecule has 6 aromatic carbocycles. The number of aromatic hydroxyl groups is 2. The SMILES string of the molecule is Cc1ccc(Oc2ccc(S)cc2)cc1.Oc1ccc(Sc2ccc(O)cc2)cc1.Sc1ccc(Oc2ccc(S)cc2)cc1. The molecule has 2 N–H and O–H groups in total. The van der Waals surface area contributed by atoms with Crippen LogP contribution in [0.2, 0.25) is 0 Å². The third-order valence-corrected chi connectivity index (χ3v) is 7.82. The Morgan fingerprint density at radius 1 is 0.400 bits per heavy atom. The van der Waals surface area contributed by atoms with Crippen LogP contribution in [0.5, 0.6) is 34.5 Å². The molecule has 4 nitrogen and oxygen atoms in total. The van der Waals surface area contributed by atoms with Gasteiger partial charge in [0.1, 0.15) is 34.5 Å². The highest BCUT2D eigenvalue weighted by Crippen LogP contribution is 2.30. The Morgan fingerprint density at radius 3 is 0.956 bits per heavy atom. The van der Waals surface area contributed by atoms with Crippen molar-refractivity contribution in [2.75, 3.05) is 0 Å². The summed E-state index contributed by atoms with van der Waals surface area (Å²) in [6.07, 6.45) is 0. The Bertz CT molecular complexity index is 1380. The molecule has 0 heterocycles. The monoisotopic (exact) mass is 668 g/mol. The van der Waals surface area contributed by atoms with E-state index in [2.05, 4.69) is 44.8 Å². The fourth-order valence-electron chi connectivity index (χ4n) is 3.59. The Labute approximate surface area is 284 Å². The Morgan fingerprint density at radius 2 is 0.667 bits per heavy atom. The molecule has 0 amide bonds. The fraction of sp³-hybridized carbons (Fsp3) is 0.0270. The minimum absolute atomic E-state index is 0.269. The van der Waals surface area contributed by atoms with Gasteiger partial charge in [0.25, 0.3) is 0 Å². The van der Waals surface area contributed by atoms with Crippen LogP contribution in [-0.2, 0) is 0 Å². The summed E-state index contributed by atoms with van der Waals surface area (Å²) in [6, 6.07) is 44.8. The van der Waals surface area contributed by atoms with E-state index in [0.717, 1.165) is 47.5 Å². The average molecular weight is 669 g/mol. The molecule has 0 aliphatic rings. The molecule has 45 heavy (non-hydrogen) atoms. The van der Waals surface area contributed by atoms with Gasteiger partial charge in [-0.2, -0.15) is 0 Å². The van der Waals surface area contributed by atoms with E-state index in [-0.39, 0.29) is 11.5 Å². The van der Waals surface area contributed by atoms with Crippen molar-refractivity contribution in [3.05, 3.63) is 151 Å². The van der Waals surface area contributed by atoms with Crippen molar-refractivity contribution in [2.24, 2.45) is 0 Å². The lowest BCUT2D eigenvalue weighted by Crippen LogP contribution is -1.83. The predicted molar refractivity (Wildman–Crippen MR) is 193 cm³/mol. The summed E-state index contributed by atoms with van der Waals surface area (Å²) >= 11 is 14.2. The highest BCUT2D eigenvalue weighted by molar-refractivity contribution is 7.99. The van der Waals surface area contributed by atoms with Gasteiger partial charge in [-0.25, -0.2) is 0 Å². The first-order chi connectivity index (χ1) is 21.7. The van der Waals surface area contributed by atoms with Crippen LogP contribution in [0.15, 0.2) is 170 Å². The van der Waals surface area contributed by atoms with E-state index < -0.39 is 0 Å². The number of hydrogen-bond acceptors (Lipinski definition) is 8. The maximum absolute atomic E-state index is 9.12. The molecule has 0 aliphatic carbocycles. The Balaban J connectivity index is 0.000000154. The number of phenols is 2. The van der Waals surface area contributed by atoms with Crippen molar-refractivity contribution in [1.29, 1.82) is 0 Å². The van der Waals surface area contributed by atoms with Crippen LogP contribution in [0.4, 0.5) is 0 Å². The molecule has 0 bridgehead atoms. The summed E-state index contributed by atoms with van der Waals surface area (Å²) < 4.78 is 11.3. The fourth-order valence-corrected chi connectivity index (χ4v) is 4.85. The lowest BCUT2D eigenvalue weighted by Gasteiger charge is -2.05. The van der Waals surface area contributed by atoms with Gasteiger partial charge in [0, 0.05) is 24.5 Å². The topological polar surface area (TPSA) is 58.9 Å². The van der Waals surface area contributed by atoms with Gasteiger partial charge in [-0.15, -0.1) is 37.9 Å². The van der Waals surface area contributed by atoms with E-state index in [4.69, 9.17) is 19.7 Å². The maximum atomic E-state index is 9.12. The van der Waals surface area contributed by atoms with Crippen LogP contribution in [0.1, 0.15) is 5.56 Å². The van der Waals surface area contributed by atoms with E-state index >= 15 is 0 Å². The molecule has 0 atom stereocenters. The van der Waals surface area contributed by atoms with Gasteiger partial charge in [-0.05, 0) is 140 Å². The molecule has 228 valence electrons. The molecule has 6 aromatic rings.